The van der Waals surface area contributed by atoms with Gasteiger partial charge < -0.3 is 19.3 Å². The van der Waals surface area contributed by atoms with E-state index >= 15 is 0 Å². The summed E-state index contributed by atoms with van der Waals surface area (Å²) in [5.41, 5.74) is 6.70. The van der Waals surface area contributed by atoms with Gasteiger partial charge in [-0.25, -0.2) is 0 Å². The maximum absolute atomic E-state index is 5.88. The van der Waals surface area contributed by atoms with Crippen molar-refractivity contribution in [3.8, 4) is 6.01 Å². The van der Waals surface area contributed by atoms with Crippen molar-refractivity contribution in [1.29, 1.82) is 0 Å². The van der Waals surface area contributed by atoms with Crippen LogP contribution in [0.5, 0.6) is 6.01 Å². The van der Waals surface area contributed by atoms with Crippen LogP contribution < -0.4 is 15.1 Å². The summed E-state index contributed by atoms with van der Waals surface area (Å²) in [6, 6.07) is 2.33. The second-order valence-electron chi connectivity index (χ2n) is 10.6. The van der Waals surface area contributed by atoms with E-state index in [9.17, 15) is 0 Å². The number of hydrogen-bond acceptors (Lipinski definition) is 9. The molecule has 9 heteroatoms. The zero-order chi connectivity index (χ0) is 32.5. The van der Waals surface area contributed by atoms with Gasteiger partial charge in [0, 0.05) is 70.7 Å². The van der Waals surface area contributed by atoms with Crippen LogP contribution in [0.15, 0.2) is 46.7 Å². The third-order valence-corrected chi connectivity index (χ3v) is 6.04. The van der Waals surface area contributed by atoms with Gasteiger partial charge in [0.2, 0.25) is 0 Å². The number of anilines is 2. The Bertz CT molecular complexity index is 957. The molecular formula is C34H63N7O2. The molecule has 1 fully saturated rings. The SMILES string of the molecule is CC.CC1=C(N(C)C)CC=CC=C1.CCC.CCCN(CCC)c1cc(NN=C(C)C)nc(OCCN2CCOCC2)n1. The van der Waals surface area contributed by atoms with Crippen LogP contribution in [0.3, 0.4) is 0 Å². The number of morpholine rings is 1. The van der Waals surface area contributed by atoms with Crippen molar-refractivity contribution in [1.82, 2.24) is 19.8 Å². The lowest BCUT2D eigenvalue weighted by atomic mass is 10.2. The highest BCUT2D eigenvalue weighted by Crippen LogP contribution is 2.20. The molecule has 0 radical (unpaired) electrons. The lowest BCUT2D eigenvalue weighted by Crippen LogP contribution is -2.38. The average Bonchev–Trinajstić information content (AvgIpc) is 3.22. The number of allylic oxidation sites excluding steroid dienone is 5. The summed E-state index contributed by atoms with van der Waals surface area (Å²) >= 11 is 0. The Morgan fingerprint density at radius 2 is 1.65 bits per heavy atom. The molecule has 1 saturated heterocycles. The lowest BCUT2D eigenvalue weighted by Gasteiger charge is -2.26. The van der Waals surface area contributed by atoms with Gasteiger partial charge in [-0.15, -0.1) is 0 Å². The van der Waals surface area contributed by atoms with E-state index in [2.05, 4.69) is 108 Å². The number of aromatic nitrogens is 2. The zero-order valence-electron chi connectivity index (χ0n) is 29.4. The van der Waals surface area contributed by atoms with Gasteiger partial charge in [0.05, 0.1) is 13.2 Å². The molecule has 3 rings (SSSR count). The summed E-state index contributed by atoms with van der Waals surface area (Å²) in [6.07, 6.45) is 12.9. The molecule has 246 valence electrons. The minimum Gasteiger partial charge on any atom is -0.462 e. The van der Waals surface area contributed by atoms with Crippen molar-refractivity contribution in [3.63, 3.8) is 0 Å². The van der Waals surface area contributed by atoms with Gasteiger partial charge >= 0.3 is 6.01 Å². The molecule has 1 aliphatic carbocycles. The van der Waals surface area contributed by atoms with Crippen LogP contribution in [-0.4, -0.2) is 92.1 Å². The average molecular weight is 602 g/mol. The number of nitrogens with zero attached hydrogens (tertiary/aromatic N) is 6. The molecule has 1 aromatic heterocycles. The van der Waals surface area contributed by atoms with Gasteiger partial charge in [0.15, 0.2) is 5.82 Å². The van der Waals surface area contributed by atoms with Gasteiger partial charge in [0.1, 0.15) is 12.4 Å². The third-order valence-electron chi connectivity index (χ3n) is 6.04. The Balaban J connectivity index is 0.000000911. The Kier molecular flexibility index (Phi) is 23.8. The standard InChI is InChI=1S/C19H34N6O2.C10H15N.C3H8.C2H6/c1-5-7-25(8-6-2)18-15-17(23-22-16(3)4)20-19(21-18)27-14-11-24-9-12-26-13-10-24;1-9-7-5-4-6-8-10(9)11(2)3;1-3-2;1-2/h15H,5-14H2,1-4H3,(H,20,21,23);4-7H,8H2,1-3H3;3H2,1-2H3;1-2H3. The van der Waals surface area contributed by atoms with Gasteiger partial charge in [0.25, 0.3) is 0 Å². The number of rotatable bonds is 12. The monoisotopic (exact) mass is 602 g/mol. The first-order chi connectivity index (χ1) is 20.7. The van der Waals surface area contributed by atoms with E-state index in [0.717, 1.165) is 76.7 Å². The Labute approximate surface area is 264 Å². The van der Waals surface area contributed by atoms with Crippen LogP contribution in [0.2, 0.25) is 0 Å². The molecule has 2 aliphatic rings. The molecule has 0 atom stereocenters. The van der Waals surface area contributed by atoms with E-state index in [0.29, 0.717) is 18.4 Å². The number of ether oxygens (including phenoxy) is 2. The van der Waals surface area contributed by atoms with Crippen LogP contribution in [0, 0.1) is 0 Å². The van der Waals surface area contributed by atoms with E-state index < -0.39 is 0 Å². The quantitative estimate of drug-likeness (QED) is 0.196. The summed E-state index contributed by atoms with van der Waals surface area (Å²) < 4.78 is 11.3. The molecule has 0 unspecified atom stereocenters. The van der Waals surface area contributed by atoms with Crippen LogP contribution in [0.4, 0.5) is 11.6 Å². The first-order valence-electron chi connectivity index (χ1n) is 16.3. The van der Waals surface area contributed by atoms with Crippen LogP contribution in [0.25, 0.3) is 0 Å². The predicted octanol–water partition coefficient (Wildman–Crippen LogP) is 7.40. The minimum absolute atomic E-state index is 0.393. The van der Waals surface area contributed by atoms with Gasteiger partial charge in [-0.3, -0.25) is 10.3 Å². The second-order valence-corrected chi connectivity index (χ2v) is 10.6. The van der Waals surface area contributed by atoms with Crippen LogP contribution >= 0.6 is 0 Å². The fraction of sp³-hybridized carbons (Fsp3) is 0.676. The van der Waals surface area contributed by atoms with E-state index in [4.69, 9.17) is 9.47 Å². The molecule has 0 bridgehead atoms. The first kappa shape index (κ1) is 40.1. The van der Waals surface area contributed by atoms with Crippen LogP contribution in [0.1, 0.15) is 88.0 Å². The van der Waals surface area contributed by atoms with Gasteiger partial charge in [-0.1, -0.05) is 72.3 Å². The number of hydrogen-bond donors (Lipinski definition) is 1. The molecule has 2 heterocycles. The highest BCUT2D eigenvalue weighted by Gasteiger charge is 2.14. The van der Waals surface area contributed by atoms with Gasteiger partial charge in [-0.2, -0.15) is 15.1 Å². The maximum Gasteiger partial charge on any atom is 0.320 e. The molecule has 1 aromatic rings. The highest BCUT2D eigenvalue weighted by atomic mass is 16.5. The molecule has 0 aromatic carbocycles. The Hall–Kier alpha value is -2.91. The molecule has 9 nitrogen and oxygen atoms in total. The fourth-order valence-electron chi connectivity index (χ4n) is 4.09. The number of nitrogens with one attached hydrogen (secondary N) is 1. The fourth-order valence-corrected chi connectivity index (χ4v) is 4.09. The number of hydrazone groups is 1. The predicted molar refractivity (Wildman–Crippen MR) is 187 cm³/mol. The zero-order valence-corrected chi connectivity index (χ0v) is 29.4. The van der Waals surface area contributed by atoms with Crippen molar-refractivity contribution >= 4 is 17.3 Å². The summed E-state index contributed by atoms with van der Waals surface area (Å²) in [6.45, 7) is 25.4. The Morgan fingerprint density at radius 3 is 2.21 bits per heavy atom. The summed E-state index contributed by atoms with van der Waals surface area (Å²) in [4.78, 5) is 15.9. The molecule has 0 saturated carbocycles. The highest BCUT2D eigenvalue weighted by molar-refractivity contribution is 5.79. The van der Waals surface area contributed by atoms with E-state index in [1.54, 1.807) is 0 Å². The maximum atomic E-state index is 5.88. The van der Waals surface area contributed by atoms with Crippen molar-refractivity contribution in [3.05, 3.63) is 41.6 Å². The van der Waals surface area contributed by atoms with Gasteiger partial charge in [-0.05, 0) is 39.2 Å². The second kappa shape index (κ2) is 25.6. The van der Waals surface area contributed by atoms with Crippen molar-refractivity contribution in [2.24, 2.45) is 5.10 Å². The normalized spacial score (nSPS) is 14.1. The molecule has 0 amide bonds. The third kappa shape index (κ3) is 18.4. The summed E-state index contributed by atoms with van der Waals surface area (Å²) in [7, 11) is 4.18. The molecule has 1 aliphatic heterocycles. The first-order valence-corrected chi connectivity index (χ1v) is 16.3. The summed E-state index contributed by atoms with van der Waals surface area (Å²) in [5.74, 6) is 1.53. The molecule has 1 N–H and O–H groups in total. The minimum atomic E-state index is 0.393. The van der Waals surface area contributed by atoms with Crippen molar-refractivity contribution in [2.45, 2.75) is 88.0 Å². The molecule has 0 spiro atoms. The smallest absolute Gasteiger partial charge is 0.320 e. The topological polar surface area (TPSA) is 78.3 Å². The van der Waals surface area contributed by atoms with E-state index in [-0.39, 0.29) is 0 Å². The van der Waals surface area contributed by atoms with E-state index in [1.807, 2.05) is 33.8 Å². The largest absolute Gasteiger partial charge is 0.462 e. The van der Waals surface area contributed by atoms with Crippen molar-refractivity contribution in [2.75, 3.05) is 77.0 Å². The van der Waals surface area contributed by atoms with E-state index in [1.165, 1.54) is 17.7 Å². The summed E-state index contributed by atoms with van der Waals surface area (Å²) in [5, 5.41) is 4.26. The van der Waals surface area contributed by atoms with Crippen LogP contribution in [-0.2, 0) is 4.74 Å². The lowest BCUT2D eigenvalue weighted by molar-refractivity contribution is 0.0317. The van der Waals surface area contributed by atoms with Crippen molar-refractivity contribution < 1.29 is 9.47 Å². The molecular weight excluding hydrogens is 538 g/mol. The Morgan fingerprint density at radius 1 is 1.02 bits per heavy atom. The molecule has 43 heavy (non-hydrogen) atoms.